The van der Waals surface area contributed by atoms with Crippen molar-refractivity contribution in [3.8, 4) is 11.1 Å². The van der Waals surface area contributed by atoms with Crippen LogP contribution in [0.15, 0.2) is 29.6 Å². The van der Waals surface area contributed by atoms with Crippen LogP contribution in [0.5, 0.6) is 0 Å². The fourth-order valence-electron chi connectivity index (χ4n) is 1.54. The van der Waals surface area contributed by atoms with Crippen LogP contribution in [0.25, 0.3) is 11.1 Å². The van der Waals surface area contributed by atoms with E-state index in [4.69, 9.17) is 12.2 Å². The van der Waals surface area contributed by atoms with Crippen molar-refractivity contribution >= 4 is 38.7 Å². The van der Waals surface area contributed by atoms with E-state index in [2.05, 4.69) is 5.38 Å². The molecule has 1 aromatic carbocycles. The Morgan fingerprint density at radius 2 is 1.88 bits per heavy atom. The van der Waals surface area contributed by atoms with E-state index in [0.717, 1.165) is 20.5 Å². The minimum atomic E-state index is 0.0405. The molecule has 0 fully saturated rings. The molecule has 0 radical (unpaired) electrons. The summed E-state index contributed by atoms with van der Waals surface area (Å²) in [5.41, 5.74) is 2.96. The molecule has 0 saturated heterocycles. The molecule has 0 unspecified atom stereocenters. The highest BCUT2D eigenvalue weighted by atomic mass is 32.9. The topological polar surface area (TPSA) is 17.1 Å². The zero-order valence-electron chi connectivity index (χ0n) is 9.60. The second-order valence-electron chi connectivity index (χ2n) is 4.09. The molecule has 1 aromatic heterocycles. The summed E-state index contributed by atoms with van der Waals surface area (Å²) in [6.07, 6.45) is 0. The Kier molecular flexibility index (Phi) is 3.86. The van der Waals surface area contributed by atoms with Gasteiger partial charge in [0.05, 0.1) is 0 Å². The fourth-order valence-corrected chi connectivity index (χ4v) is 3.94. The lowest BCUT2D eigenvalue weighted by molar-refractivity contribution is 0.0939. The number of hydrogen-bond acceptors (Lipinski definition) is 4. The number of carbonyl (C=O) groups is 1. The molecule has 0 bridgehead atoms. The summed E-state index contributed by atoms with van der Waals surface area (Å²) in [6, 6.07) is 7.71. The molecule has 0 saturated carbocycles. The molecule has 0 aliphatic carbocycles. The van der Waals surface area contributed by atoms with Crippen LogP contribution >= 0.6 is 32.9 Å². The molecular weight excluding hydrogens is 268 g/mol. The van der Waals surface area contributed by atoms with Crippen LogP contribution in [0.2, 0.25) is 0 Å². The van der Waals surface area contributed by atoms with Crippen molar-refractivity contribution in [3.05, 3.63) is 39.0 Å². The van der Waals surface area contributed by atoms with Crippen LogP contribution in [0.4, 0.5) is 0 Å². The van der Waals surface area contributed by atoms with Crippen molar-refractivity contribution in [1.29, 1.82) is 0 Å². The van der Waals surface area contributed by atoms with Gasteiger partial charge in [-0.3, -0.25) is 4.79 Å². The van der Waals surface area contributed by atoms with Crippen LogP contribution in [0.3, 0.4) is 0 Å². The summed E-state index contributed by atoms with van der Waals surface area (Å²) in [5.74, 6) is 0.224. The lowest BCUT2D eigenvalue weighted by Crippen LogP contribution is -2.06. The molecule has 1 heterocycles. The van der Waals surface area contributed by atoms with Crippen LogP contribution < -0.4 is 0 Å². The SMILES string of the molecule is CC(C)C(=O)c1ccc(-c2cssc2=S)cc1. The molecule has 0 atom stereocenters. The highest BCUT2D eigenvalue weighted by molar-refractivity contribution is 7.79. The van der Waals surface area contributed by atoms with Gasteiger partial charge in [-0.1, -0.05) is 71.0 Å². The van der Waals surface area contributed by atoms with E-state index >= 15 is 0 Å². The van der Waals surface area contributed by atoms with Crippen molar-refractivity contribution in [2.75, 3.05) is 0 Å². The number of hydrogen-bond donors (Lipinski definition) is 0. The van der Waals surface area contributed by atoms with Gasteiger partial charge in [-0.05, 0) is 5.56 Å². The third-order valence-electron chi connectivity index (χ3n) is 2.51. The molecule has 2 rings (SSSR count). The first-order valence-corrected chi connectivity index (χ1v) is 7.94. The van der Waals surface area contributed by atoms with Gasteiger partial charge in [0.25, 0.3) is 0 Å². The maximum absolute atomic E-state index is 11.8. The van der Waals surface area contributed by atoms with E-state index in [1.54, 1.807) is 20.7 Å². The summed E-state index contributed by atoms with van der Waals surface area (Å²) in [6.45, 7) is 3.83. The first-order chi connectivity index (χ1) is 8.09. The summed E-state index contributed by atoms with van der Waals surface area (Å²) in [4.78, 5) is 11.8. The number of carbonyl (C=O) groups excluding carboxylic acids is 1. The van der Waals surface area contributed by atoms with Crippen molar-refractivity contribution in [3.63, 3.8) is 0 Å². The van der Waals surface area contributed by atoms with E-state index in [0.29, 0.717) is 0 Å². The molecule has 0 amide bonds. The van der Waals surface area contributed by atoms with Crippen LogP contribution in [-0.4, -0.2) is 5.78 Å². The smallest absolute Gasteiger partial charge is 0.165 e. The van der Waals surface area contributed by atoms with Gasteiger partial charge in [-0.15, -0.1) is 0 Å². The standard InChI is InChI=1S/C13H12OS3/c1-8(2)12(14)10-5-3-9(4-6-10)11-7-16-17-13(11)15/h3-8H,1-2H3. The largest absolute Gasteiger partial charge is 0.294 e. The van der Waals surface area contributed by atoms with Crippen LogP contribution in [0.1, 0.15) is 24.2 Å². The summed E-state index contributed by atoms with van der Waals surface area (Å²) >= 11 is 5.26. The maximum atomic E-state index is 11.8. The van der Waals surface area contributed by atoms with E-state index in [1.165, 1.54) is 0 Å². The van der Waals surface area contributed by atoms with E-state index in [-0.39, 0.29) is 11.7 Å². The van der Waals surface area contributed by atoms with Gasteiger partial charge in [-0.2, -0.15) is 0 Å². The minimum Gasteiger partial charge on any atom is -0.294 e. The average Bonchev–Trinajstić information content (AvgIpc) is 2.74. The Morgan fingerprint density at radius 3 is 2.35 bits per heavy atom. The Bertz CT molecular complexity index is 575. The molecule has 88 valence electrons. The Morgan fingerprint density at radius 1 is 1.24 bits per heavy atom. The van der Waals surface area contributed by atoms with Gasteiger partial charge in [0.1, 0.15) is 3.82 Å². The van der Waals surface area contributed by atoms with Gasteiger partial charge in [0.2, 0.25) is 0 Å². The normalized spacial score (nSPS) is 10.8. The number of rotatable bonds is 3. The quantitative estimate of drug-likeness (QED) is 0.445. The lowest BCUT2D eigenvalue weighted by Gasteiger charge is -2.04. The van der Waals surface area contributed by atoms with Crippen LogP contribution in [0, 0.1) is 9.74 Å². The van der Waals surface area contributed by atoms with Crippen molar-refractivity contribution < 1.29 is 4.79 Å². The third-order valence-corrected chi connectivity index (χ3v) is 5.18. The van der Waals surface area contributed by atoms with Gasteiger partial charge < -0.3 is 0 Å². The maximum Gasteiger partial charge on any atom is 0.165 e. The zero-order valence-corrected chi connectivity index (χ0v) is 12.0. The van der Waals surface area contributed by atoms with Gasteiger partial charge in [0.15, 0.2) is 5.78 Å². The summed E-state index contributed by atoms with van der Waals surface area (Å²) in [7, 11) is 3.25. The second kappa shape index (κ2) is 5.21. The first kappa shape index (κ1) is 12.6. The molecule has 2 aromatic rings. The lowest BCUT2D eigenvalue weighted by atomic mass is 9.99. The number of ketones is 1. The molecule has 1 nitrogen and oxygen atoms in total. The van der Waals surface area contributed by atoms with E-state index in [1.807, 2.05) is 38.1 Å². The van der Waals surface area contributed by atoms with Crippen LogP contribution in [-0.2, 0) is 0 Å². The predicted octanol–water partition coefficient (Wildman–Crippen LogP) is 5.04. The second-order valence-corrected chi connectivity index (χ2v) is 6.84. The third kappa shape index (κ3) is 2.70. The van der Waals surface area contributed by atoms with Crippen molar-refractivity contribution in [2.24, 2.45) is 5.92 Å². The Labute approximate surface area is 113 Å². The fraction of sp³-hybridized carbons (Fsp3) is 0.231. The molecular formula is C13H12OS3. The molecule has 4 heteroatoms. The first-order valence-electron chi connectivity index (χ1n) is 5.32. The molecule has 0 aliphatic heterocycles. The van der Waals surface area contributed by atoms with E-state index in [9.17, 15) is 4.79 Å². The van der Waals surface area contributed by atoms with Crippen molar-refractivity contribution in [2.45, 2.75) is 13.8 Å². The average molecular weight is 280 g/mol. The molecule has 17 heavy (non-hydrogen) atoms. The zero-order chi connectivity index (χ0) is 12.4. The molecule has 0 spiro atoms. The Hall–Kier alpha value is -0.840. The number of Topliss-reactive ketones (excluding diaryl/α,β-unsaturated/α-hetero) is 1. The predicted molar refractivity (Wildman–Crippen MR) is 77.6 cm³/mol. The summed E-state index contributed by atoms with van der Waals surface area (Å²) < 4.78 is 0.915. The monoisotopic (exact) mass is 280 g/mol. The minimum absolute atomic E-state index is 0.0405. The van der Waals surface area contributed by atoms with Gasteiger partial charge in [0, 0.05) is 22.4 Å². The van der Waals surface area contributed by atoms with E-state index < -0.39 is 0 Å². The molecule has 0 N–H and O–H groups in total. The van der Waals surface area contributed by atoms with Gasteiger partial charge in [-0.25, -0.2) is 0 Å². The number of benzene rings is 1. The Balaban J connectivity index is 2.34. The highest BCUT2D eigenvalue weighted by Crippen LogP contribution is 2.28. The summed E-state index contributed by atoms with van der Waals surface area (Å²) in [5, 5.41) is 2.06. The van der Waals surface area contributed by atoms with Crippen molar-refractivity contribution in [1.82, 2.24) is 0 Å². The molecule has 0 aliphatic rings. The van der Waals surface area contributed by atoms with Gasteiger partial charge >= 0.3 is 0 Å². The highest BCUT2D eigenvalue weighted by Gasteiger charge is 2.10.